The minimum Gasteiger partial charge on any atom is -0.327 e. The molecule has 0 aliphatic carbocycles. The van der Waals surface area contributed by atoms with Crippen molar-refractivity contribution in [2.45, 2.75) is 13.1 Å². The van der Waals surface area contributed by atoms with Crippen LogP contribution in [0.15, 0.2) is 58.7 Å². The molecule has 0 saturated heterocycles. The van der Waals surface area contributed by atoms with Crippen molar-refractivity contribution in [3.8, 4) is 11.1 Å². The predicted octanol–water partition coefficient (Wildman–Crippen LogP) is 3.66. The Labute approximate surface area is 170 Å². The smallest absolute Gasteiger partial charge is 0.260 e. The number of hydrogen-bond acceptors (Lipinski definition) is 3. The number of aromatic nitrogens is 2. The first-order chi connectivity index (χ1) is 13.5. The van der Waals surface area contributed by atoms with Gasteiger partial charge in [0.05, 0.1) is 12.4 Å². The maximum atomic E-state index is 13.0. The molecule has 4 aromatic rings. The highest BCUT2D eigenvalue weighted by molar-refractivity contribution is 7.17. The molecule has 4 nitrogen and oxygen atoms in total. The first kappa shape index (κ1) is 18.8. The van der Waals surface area contributed by atoms with Crippen LogP contribution in [-0.4, -0.2) is 17.0 Å². The van der Waals surface area contributed by atoms with Gasteiger partial charge in [-0.2, -0.15) is 0 Å². The van der Waals surface area contributed by atoms with E-state index < -0.39 is 0 Å². The summed E-state index contributed by atoms with van der Waals surface area (Å²) in [5.74, 6) is 0.397. The van der Waals surface area contributed by atoms with Crippen molar-refractivity contribution in [3.63, 3.8) is 0 Å². The molecule has 2 N–H and O–H groups in total. The lowest BCUT2D eigenvalue weighted by Crippen LogP contribution is -3.06. The van der Waals surface area contributed by atoms with Crippen LogP contribution in [0.4, 0.5) is 4.39 Å². The zero-order valence-electron chi connectivity index (χ0n) is 15.1. The van der Waals surface area contributed by atoms with Crippen LogP contribution in [0.3, 0.4) is 0 Å². The number of halogens is 2. The van der Waals surface area contributed by atoms with Gasteiger partial charge >= 0.3 is 0 Å². The van der Waals surface area contributed by atoms with Crippen LogP contribution in [0.5, 0.6) is 0 Å². The lowest BCUT2D eigenvalue weighted by atomic mass is 10.1. The third-order valence-electron chi connectivity index (χ3n) is 4.54. The summed E-state index contributed by atoms with van der Waals surface area (Å²) in [5.41, 5.74) is 2.70. The molecule has 0 fully saturated rings. The quantitative estimate of drug-likeness (QED) is 0.523. The Hall–Kier alpha value is -2.54. The Morgan fingerprint density at radius 1 is 1.11 bits per heavy atom. The van der Waals surface area contributed by atoms with E-state index in [2.05, 4.69) is 9.97 Å². The van der Waals surface area contributed by atoms with Crippen LogP contribution < -0.4 is 10.5 Å². The number of aromatic amines is 1. The number of rotatable bonds is 5. The molecule has 2 aromatic heterocycles. The Morgan fingerprint density at radius 2 is 1.82 bits per heavy atom. The summed E-state index contributed by atoms with van der Waals surface area (Å²) in [6.45, 7) is 1.28. The fraction of sp³-hybridized carbons (Fsp3) is 0.143. The van der Waals surface area contributed by atoms with E-state index in [0.29, 0.717) is 29.3 Å². The number of nitrogens with zero attached hydrogens (tertiary/aromatic N) is 1. The number of fused-ring (bicyclic) bond motifs is 1. The maximum Gasteiger partial charge on any atom is 0.260 e. The van der Waals surface area contributed by atoms with Crippen molar-refractivity contribution in [3.05, 3.63) is 86.5 Å². The van der Waals surface area contributed by atoms with Gasteiger partial charge < -0.3 is 9.88 Å². The highest BCUT2D eigenvalue weighted by Gasteiger charge is 2.15. The topological polar surface area (TPSA) is 50.2 Å². The number of benzene rings is 2. The van der Waals surface area contributed by atoms with Gasteiger partial charge in [0, 0.05) is 21.5 Å². The van der Waals surface area contributed by atoms with Gasteiger partial charge in [0.15, 0.2) is 5.82 Å². The Kier molecular flexibility index (Phi) is 5.26. The highest BCUT2D eigenvalue weighted by atomic mass is 35.5. The fourth-order valence-electron chi connectivity index (χ4n) is 3.22. The number of quaternary nitrogens is 1. The monoisotopic (exact) mass is 414 g/mol. The number of nitrogens with one attached hydrogen (secondary N) is 2. The molecule has 0 saturated carbocycles. The first-order valence-corrected chi connectivity index (χ1v) is 10.1. The molecule has 28 heavy (non-hydrogen) atoms. The van der Waals surface area contributed by atoms with E-state index in [1.807, 2.05) is 36.7 Å². The standard InChI is InChI=1S/C21H17ClFN3OS/c1-26(10-13-2-8-16(23)9-3-13)11-18-24-20(27)19-17(12-28-21(19)25-18)14-4-6-15(22)7-5-14/h2-9,12H,10-11H2,1H3,(H,24,25,27)/p+1. The molecule has 1 unspecified atom stereocenters. The van der Waals surface area contributed by atoms with Crippen LogP contribution in [0, 0.1) is 5.82 Å². The SMILES string of the molecule is C[NH+](Cc1ccc(F)cc1)Cc1nc2scc(-c3ccc(Cl)cc3)c2c(=O)[nH]1. The molecule has 0 radical (unpaired) electrons. The molecule has 7 heteroatoms. The maximum absolute atomic E-state index is 13.0. The summed E-state index contributed by atoms with van der Waals surface area (Å²) in [7, 11) is 2.01. The molecule has 0 spiro atoms. The molecular weight excluding hydrogens is 397 g/mol. The Balaban J connectivity index is 1.58. The van der Waals surface area contributed by atoms with Gasteiger partial charge in [-0.25, -0.2) is 9.37 Å². The second-order valence-corrected chi connectivity index (χ2v) is 8.08. The van der Waals surface area contributed by atoms with Crippen LogP contribution in [0.1, 0.15) is 11.4 Å². The molecule has 4 rings (SSSR count). The molecule has 0 amide bonds. The van der Waals surface area contributed by atoms with E-state index in [0.717, 1.165) is 26.4 Å². The molecular formula is C21H18ClFN3OS+. The van der Waals surface area contributed by atoms with Crippen LogP contribution in [-0.2, 0) is 13.1 Å². The Morgan fingerprint density at radius 3 is 2.54 bits per heavy atom. The minimum atomic E-state index is -0.243. The molecule has 0 bridgehead atoms. The van der Waals surface area contributed by atoms with Gasteiger partial charge in [0.25, 0.3) is 5.56 Å². The summed E-state index contributed by atoms with van der Waals surface area (Å²) in [4.78, 5) is 22.2. The summed E-state index contributed by atoms with van der Waals surface area (Å²) >= 11 is 7.42. The van der Waals surface area contributed by atoms with Crippen molar-refractivity contribution in [2.75, 3.05) is 7.05 Å². The van der Waals surface area contributed by atoms with Crippen molar-refractivity contribution in [1.82, 2.24) is 9.97 Å². The summed E-state index contributed by atoms with van der Waals surface area (Å²) in [6.07, 6.45) is 0. The van der Waals surface area contributed by atoms with Crippen molar-refractivity contribution < 1.29 is 9.29 Å². The normalized spacial score (nSPS) is 12.4. The van der Waals surface area contributed by atoms with E-state index in [-0.39, 0.29) is 11.4 Å². The number of H-pyrrole nitrogens is 1. The second-order valence-electron chi connectivity index (χ2n) is 6.79. The molecule has 0 aliphatic rings. The van der Waals surface area contributed by atoms with Crippen molar-refractivity contribution >= 4 is 33.2 Å². The van der Waals surface area contributed by atoms with Crippen LogP contribution in [0.25, 0.3) is 21.3 Å². The average molecular weight is 415 g/mol. The van der Waals surface area contributed by atoms with Gasteiger partial charge in [0.1, 0.15) is 23.7 Å². The lowest BCUT2D eigenvalue weighted by molar-refractivity contribution is -0.908. The average Bonchev–Trinajstić information content (AvgIpc) is 3.09. The Bertz CT molecular complexity index is 1170. The largest absolute Gasteiger partial charge is 0.327 e. The lowest BCUT2D eigenvalue weighted by Gasteiger charge is -2.13. The van der Waals surface area contributed by atoms with Gasteiger partial charge in [-0.05, 0) is 29.8 Å². The minimum absolute atomic E-state index is 0.138. The van der Waals surface area contributed by atoms with Crippen LogP contribution in [0.2, 0.25) is 5.02 Å². The van der Waals surface area contributed by atoms with E-state index in [1.54, 1.807) is 12.1 Å². The van der Waals surface area contributed by atoms with Gasteiger partial charge in [-0.15, -0.1) is 11.3 Å². The molecule has 2 heterocycles. The molecule has 1 atom stereocenters. The van der Waals surface area contributed by atoms with E-state index in [1.165, 1.54) is 23.5 Å². The first-order valence-electron chi connectivity index (χ1n) is 8.81. The third kappa shape index (κ3) is 3.99. The summed E-state index contributed by atoms with van der Waals surface area (Å²) in [5, 5.41) is 3.21. The number of hydrogen-bond donors (Lipinski definition) is 2. The highest BCUT2D eigenvalue weighted by Crippen LogP contribution is 2.31. The summed E-state index contributed by atoms with van der Waals surface area (Å²) in [6, 6.07) is 13.9. The molecule has 0 aliphatic heterocycles. The van der Waals surface area contributed by atoms with E-state index >= 15 is 0 Å². The van der Waals surface area contributed by atoms with E-state index in [9.17, 15) is 9.18 Å². The predicted molar refractivity (Wildman–Crippen MR) is 111 cm³/mol. The van der Waals surface area contributed by atoms with Crippen molar-refractivity contribution in [2.24, 2.45) is 0 Å². The fourth-order valence-corrected chi connectivity index (χ4v) is 4.31. The second kappa shape index (κ2) is 7.83. The van der Waals surface area contributed by atoms with Gasteiger partial charge in [0.2, 0.25) is 0 Å². The zero-order chi connectivity index (χ0) is 19.7. The van der Waals surface area contributed by atoms with Gasteiger partial charge in [-0.1, -0.05) is 35.9 Å². The van der Waals surface area contributed by atoms with Crippen LogP contribution >= 0.6 is 22.9 Å². The van der Waals surface area contributed by atoms with Crippen molar-refractivity contribution in [1.29, 1.82) is 0 Å². The summed E-state index contributed by atoms with van der Waals surface area (Å²) < 4.78 is 13.0. The van der Waals surface area contributed by atoms with Gasteiger partial charge in [-0.3, -0.25) is 4.79 Å². The molecule has 2 aromatic carbocycles. The zero-order valence-corrected chi connectivity index (χ0v) is 16.7. The molecule has 142 valence electrons. The van der Waals surface area contributed by atoms with E-state index in [4.69, 9.17) is 11.6 Å². The number of thiophene rings is 1. The third-order valence-corrected chi connectivity index (χ3v) is 5.66.